The number of nitrogens with two attached hydrogens (primary N) is 1. The molecular formula is C15H16N2O. The number of hydrogen-bond donors (Lipinski definition) is 2. The Morgan fingerprint density at radius 3 is 2.72 bits per heavy atom. The predicted octanol–water partition coefficient (Wildman–Crippen LogP) is 2.08. The summed E-state index contributed by atoms with van der Waals surface area (Å²) in [5, 5.41) is 4.89. The number of fused-ring (bicyclic) bond motifs is 1. The van der Waals surface area contributed by atoms with Crippen LogP contribution in [0.4, 0.5) is 0 Å². The summed E-state index contributed by atoms with van der Waals surface area (Å²) in [6, 6.07) is 13.6. The van der Waals surface area contributed by atoms with E-state index in [0.717, 1.165) is 10.8 Å². The van der Waals surface area contributed by atoms with Crippen LogP contribution in [0.15, 0.2) is 54.6 Å². The first-order valence-corrected chi connectivity index (χ1v) is 5.94. The molecule has 1 amide bonds. The van der Waals surface area contributed by atoms with Gasteiger partial charge in [-0.2, -0.15) is 0 Å². The number of carbonyl (C=O) groups is 1. The van der Waals surface area contributed by atoms with Gasteiger partial charge < -0.3 is 11.1 Å². The summed E-state index contributed by atoms with van der Waals surface area (Å²) >= 11 is 0. The predicted molar refractivity (Wildman–Crippen MR) is 74.5 cm³/mol. The third kappa shape index (κ3) is 2.76. The first-order valence-electron chi connectivity index (χ1n) is 5.94. The molecule has 0 unspecified atom stereocenters. The molecule has 3 nitrogen and oxygen atoms in total. The Balaban J connectivity index is 2.20. The maximum Gasteiger partial charge on any atom is 0.252 e. The highest BCUT2D eigenvalue weighted by Gasteiger charge is 2.07. The van der Waals surface area contributed by atoms with Gasteiger partial charge in [0.2, 0.25) is 0 Å². The van der Waals surface area contributed by atoms with Gasteiger partial charge >= 0.3 is 0 Å². The SMILES string of the molecule is NC/C=C/CNC(=O)c1cccc2ccccc12. The minimum atomic E-state index is -0.0616. The molecule has 0 aliphatic heterocycles. The molecule has 3 N–H and O–H groups in total. The van der Waals surface area contributed by atoms with E-state index in [-0.39, 0.29) is 5.91 Å². The molecule has 0 saturated heterocycles. The fourth-order valence-electron chi connectivity index (χ4n) is 1.85. The second-order valence-corrected chi connectivity index (χ2v) is 3.94. The standard InChI is InChI=1S/C15H16N2O/c16-10-3-4-11-17-15(18)14-9-5-7-12-6-1-2-8-13(12)14/h1-9H,10-11,16H2,(H,17,18)/b4-3+. The summed E-state index contributed by atoms with van der Waals surface area (Å²) in [7, 11) is 0. The van der Waals surface area contributed by atoms with Gasteiger partial charge in [0.1, 0.15) is 0 Å². The van der Waals surface area contributed by atoms with E-state index in [0.29, 0.717) is 18.7 Å². The molecule has 0 aliphatic rings. The molecule has 0 aromatic heterocycles. The third-order valence-corrected chi connectivity index (χ3v) is 2.72. The summed E-state index contributed by atoms with van der Waals surface area (Å²) < 4.78 is 0. The third-order valence-electron chi connectivity index (χ3n) is 2.72. The van der Waals surface area contributed by atoms with E-state index < -0.39 is 0 Å². The van der Waals surface area contributed by atoms with E-state index in [1.807, 2.05) is 54.6 Å². The average molecular weight is 240 g/mol. The van der Waals surface area contributed by atoms with Gasteiger partial charge in [-0.25, -0.2) is 0 Å². The van der Waals surface area contributed by atoms with Gasteiger partial charge in [0, 0.05) is 18.7 Å². The molecule has 0 fully saturated rings. The second kappa shape index (κ2) is 5.98. The van der Waals surface area contributed by atoms with Crippen molar-refractivity contribution in [2.24, 2.45) is 5.73 Å². The van der Waals surface area contributed by atoms with Crippen molar-refractivity contribution < 1.29 is 4.79 Å². The van der Waals surface area contributed by atoms with Gasteiger partial charge in [0.05, 0.1) is 0 Å². The zero-order chi connectivity index (χ0) is 12.8. The van der Waals surface area contributed by atoms with Crippen LogP contribution in [-0.4, -0.2) is 19.0 Å². The van der Waals surface area contributed by atoms with Gasteiger partial charge in [-0.15, -0.1) is 0 Å². The van der Waals surface area contributed by atoms with E-state index in [1.165, 1.54) is 0 Å². The highest BCUT2D eigenvalue weighted by atomic mass is 16.1. The lowest BCUT2D eigenvalue weighted by Gasteiger charge is -2.06. The van der Waals surface area contributed by atoms with Crippen molar-refractivity contribution in [2.45, 2.75) is 0 Å². The summed E-state index contributed by atoms with van der Waals surface area (Å²) in [4.78, 5) is 12.0. The molecule has 0 atom stereocenters. The van der Waals surface area contributed by atoms with Crippen molar-refractivity contribution in [3.05, 3.63) is 60.2 Å². The Labute approximate surface area is 106 Å². The van der Waals surface area contributed by atoms with E-state index in [4.69, 9.17) is 5.73 Å². The van der Waals surface area contributed by atoms with Crippen LogP contribution in [0.1, 0.15) is 10.4 Å². The minimum Gasteiger partial charge on any atom is -0.349 e. The number of hydrogen-bond acceptors (Lipinski definition) is 2. The Kier molecular flexibility index (Phi) is 4.10. The quantitative estimate of drug-likeness (QED) is 0.804. The van der Waals surface area contributed by atoms with Gasteiger partial charge in [0.15, 0.2) is 0 Å². The fraction of sp³-hybridized carbons (Fsp3) is 0.133. The maximum atomic E-state index is 12.0. The van der Waals surface area contributed by atoms with Crippen molar-refractivity contribution in [1.82, 2.24) is 5.32 Å². The van der Waals surface area contributed by atoms with Gasteiger partial charge in [0.25, 0.3) is 5.91 Å². The normalized spacial score (nSPS) is 10.9. The fourth-order valence-corrected chi connectivity index (χ4v) is 1.85. The van der Waals surface area contributed by atoms with E-state index in [2.05, 4.69) is 5.32 Å². The maximum absolute atomic E-state index is 12.0. The molecule has 18 heavy (non-hydrogen) atoms. The Morgan fingerprint density at radius 1 is 1.11 bits per heavy atom. The topological polar surface area (TPSA) is 55.1 Å². The van der Waals surface area contributed by atoms with E-state index >= 15 is 0 Å². The molecule has 3 heteroatoms. The van der Waals surface area contributed by atoms with Crippen LogP contribution in [0.2, 0.25) is 0 Å². The summed E-state index contributed by atoms with van der Waals surface area (Å²) in [5.41, 5.74) is 6.03. The molecule has 0 heterocycles. The summed E-state index contributed by atoms with van der Waals surface area (Å²) in [6.07, 6.45) is 3.67. The first-order chi connectivity index (χ1) is 8.83. The Bertz CT molecular complexity index is 570. The van der Waals surface area contributed by atoms with Crippen LogP contribution in [0.5, 0.6) is 0 Å². The van der Waals surface area contributed by atoms with Crippen LogP contribution < -0.4 is 11.1 Å². The molecular weight excluding hydrogens is 224 g/mol. The monoisotopic (exact) mass is 240 g/mol. The number of carbonyl (C=O) groups excluding carboxylic acids is 1. The zero-order valence-electron chi connectivity index (χ0n) is 10.1. The number of benzene rings is 2. The van der Waals surface area contributed by atoms with Crippen molar-refractivity contribution >= 4 is 16.7 Å². The smallest absolute Gasteiger partial charge is 0.252 e. The van der Waals surface area contributed by atoms with Crippen molar-refractivity contribution in [3.63, 3.8) is 0 Å². The van der Waals surface area contributed by atoms with Crippen LogP contribution >= 0.6 is 0 Å². The molecule has 2 rings (SSSR count). The lowest BCUT2D eigenvalue weighted by atomic mass is 10.0. The lowest BCUT2D eigenvalue weighted by Crippen LogP contribution is -2.23. The van der Waals surface area contributed by atoms with Crippen LogP contribution in [0.25, 0.3) is 10.8 Å². The first kappa shape index (κ1) is 12.3. The van der Waals surface area contributed by atoms with Crippen LogP contribution in [0, 0.1) is 0 Å². The Hall–Kier alpha value is -2.13. The van der Waals surface area contributed by atoms with Crippen molar-refractivity contribution in [2.75, 3.05) is 13.1 Å². The zero-order valence-corrected chi connectivity index (χ0v) is 10.1. The molecule has 0 spiro atoms. The highest BCUT2D eigenvalue weighted by molar-refractivity contribution is 6.07. The minimum absolute atomic E-state index is 0.0616. The lowest BCUT2D eigenvalue weighted by molar-refractivity contribution is 0.0959. The molecule has 0 radical (unpaired) electrons. The van der Waals surface area contributed by atoms with Gasteiger partial charge in [-0.05, 0) is 16.8 Å². The highest BCUT2D eigenvalue weighted by Crippen LogP contribution is 2.18. The van der Waals surface area contributed by atoms with Crippen LogP contribution in [0.3, 0.4) is 0 Å². The van der Waals surface area contributed by atoms with E-state index in [1.54, 1.807) is 0 Å². The van der Waals surface area contributed by atoms with E-state index in [9.17, 15) is 4.79 Å². The van der Waals surface area contributed by atoms with Gasteiger partial charge in [-0.3, -0.25) is 4.79 Å². The molecule has 0 saturated carbocycles. The average Bonchev–Trinajstić information content (AvgIpc) is 2.43. The number of amides is 1. The Morgan fingerprint density at radius 2 is 1.89 bits per heavy atom. The van der Waals surface area contributed by atoms with Crippen molar-refractivity contribution in [1.29, 1.82) is 0 Å². The molecule has 0 aliphatic carbocycles. The van der Waals surface area contributed by atoms with Gasteiger partial charge in [-0.1, -0.05) is 48.6 Å². The second-order valence-electron chi connectivity index (χ2n) is 3.94. The summed E-state index contributed by atoms with van der Waals surface area (Å²) in [6.45, 7) is 0.989. The number of nitrogens with one attached hydrogen (secondary N) is 1. The number of rotatable bonds is 4. The van der Waals surface area contributed by atoms with Crippen LogP contribution in [-0.2, 0) is 0 Å². The molecule has 2 aromatic rings. The molecule has 0 bridgehead atoms. The largest absolute Gasteiger partial charge is 0.349 e. The summed E-state index contributed by atoms with van der Waals surface area (Å²) in [5.74, 6) is -0.0616. The molecule has 2 aromatic carbocycles. The molecule has 92 valence electrons. The van der Waals surface area contributed by atoms with Crippen molar-refractivity contribution in [3.8, 4) is 0 Å².